The molecule has 1 aliphatic rings. The number of hydrogen-bond donors (Lipinski definition) is 1. The van der Waals surface area contributed by atoms with Gasteiger partial charge in [0.15, 0.2) is 31.2 Å². The summed E-state index contributed by atoms with van der Waals surface area (Å²) in [5.74, 6) is 0. The molecule has 1 fully saturated rings. The van der Waals surface area contributed by atoms with E-state index in [1.54, 1.807) is 0 Å². The van der Waals surface area contributed by atoms with Gasteiger partial charge in [0, 0.05) is 0 Å². The zero-order valence-electron chi connectivity index (χ0n) is 16.5. The fraction of sp³-hybridized carbons (Fsp3) is 1.00. The van der Waals surface area contributed by atoms with Crippen LogP contribution in [-0.4, -0.2) is 60.8 Å². The van der Waals surface area contributed by atoms with Gasteiger partial charge in [0.25, 0.3) is 0 Å². The summed E-state index contributed by atoms with van der Waals surface area (Å²) in [7, 11) is -5.35. The first-order chi connectivity index (χ1) is 10.1. The van der Waals surface area contributed by atoms with Gasteiger partial charge in [-0.15, -0.1) is 0 Å². The standard InChI is InChI=1S/C15H36O5Si3/c1-11(18-21(2,3)4)12-13(19-22(5,6)7)14(15(16)17-12)20-23(8,9)10/h11-16H,1-10H3/t11-,12-,13+,14+,15+/m0/s1. The highest BCUT2D eigenvalue weighted by Crippen LogP contribution is 2.33. The molecule has 5 atom stereocenters. The predicted octanol–water partition coefficient (Wildman–Crippen LogP) is 3.38. The molecule has 0 aromatic rings. The molecular weight excluding hydrogens is 344 g/mol. The SMILES string of the molecule is C[C@H](O[Si](C)(C)C)[C@@H]1O[C@@H](O)[C@H](O[Si](C)(C)C)[C@@H]1O[Si](C)(C)C. The predicted molar refractivity (Wildman–Crippen MR) is 101 cm³/mol. The smallest absolute Gasteiger partial charge is 0.184 e. The molecule has 1 N–H and O–H groups in total. The lowest BCUT2D eigenvalue weighted by Gasteiger charge is -2.36. The van der Waals surface area contributed by atoms with Crippen molar-refractivity contribution in [3.8, 4) is 0 Å². The van der Waals surface area contributed by atoms with Crippen molar-refractivity contribution in [1.29, 1.82) is 0 Å². The van der Waals surface area contributed by atoms with Crippen LogP contribution in [0, 0.1) is 0 Å². The lowest BCUT2D eigenvalue weighted by atomic mass is 10.1. The van der Waals surface area contributed by atoms with Crippen LogP contribution in [0.1, 0.15) is 6.92 Å². The average Bonchev–Trinajstić information content (AvgIpc) is 2.51. The molecule has 0 aliphatic carbocycles. The van der Waals surface area contributed by atoms with Gasteiger partial charge in [-0.3, -0.25) is 0 Å². The van der Waals surface area contributed by atoms with Crippen LogP contribution in [0.3, 0.4) is 0 Å². The number of hydrogen-bond acceptors (Lipinski definition) is 5. The highest BCUT2D eigenvalue weighted by Gasteiger charge is 2.51. The minimum Gasteiger partial charge on any atom is -0.412 e. The molecule has 0 amide bonds. The molecule has 8 heteroatoms. The lowest BCUT2D eigenvalue weighted by molar-refractivity contribution is -0.138. The van der Waals surface area contributed by atoms with Crippen molar-refractivity contribution in [2.24, 2.45) is 0 Å². The monoisotopic (exact) mass is 380 g/mol. The molecule has 0 unspecified atom stereocenters. The van der Waals surface area contributed by atoms with Crippen molar-refractivity contribution in [1.82, 2.24) is 0 Å². The number of aliphatic hydroxyl groups is 1. The molecule has 23 heavy (non-hydrogen) atoms. The van der Waals surface area contributed by atoms with Crippen molar-refractivity contribution < 1.29 is 23.1 Å². The van der Waals surface area contributed by atoms with E-state index in [-0.39, 0.29) is 18.3 Å². The molecule has 1 heterocycles. The minimum absolute atomic E-state index is 0.132. The van der Waals surface area contributed by atoms with Gasteiger partial charge >= 0.3 is 0 Å². The summed E-state index contributed by atoms with van der Waals surface area (Å²) < 4.78 is 24.6. The fourth-order valence-electron chi connectivity index (χ4n) is 2.74. The van der Waals surface area contributed by atoms with E-state index in [0.29, 0.717) is 0 Å². The second kappa shape index (κ2) is 7.37. The maximum absolute atomic E-state index is 10.4. The molecule has 0 saturated carbocycles. The first kappa shape index (κ1) is 21.5. The Hall–Kier alpha value is 0.451. The number of rotatable bonds is 7. The van der Waals surface area contributed by atoms with Gasteiger partial charge in [0.2, 0.25) is 0 Å². The molecule has 5 nitrogen and oxygen atoms in total. The van der Waals surface area contributed by atoms with E-state index >= 15 is 0 Å². The van der Waals surface area contributed by atoms with Crippen molar-refractivity contribution >= 4 is 25.0 Å². The first-order valence-corrected chi connectivity index (χ1v) is 18.7. The van der Waals surface area contributed by atoms with E-state index in [1.807, 2.05) is 6.92 Å². The second-order valence-corrected chi connectivity index (χ2v) is 22.7. The molecule has 138 valence electrons. The quantitative estimate of drug-likeness (QED) is 0.686. The van der Waals surface area contributed by atoms with E-state index in [0.717, 1.165) is 0 Å². The third kappa shape index (κ3) is 7.47. The van der Waals surface area contributed by atoms with E-state index in [9.17, 15) is 5.11 Å². The first-order valence-electron chi connectivity index (χ1n) is 8.46. The molecular formula is C15H36O5Si3. The maximum atomic E-state index is 10.4. The summed E-state index contributed by atoms with van der Waals surface area (Å²) in [4.78, 5) is 0. The van der Waals surface area contributed by atoms with Gasteiger partial charge in [-0.2, -0.15) is 0 Å². The largest absolute Gasteiger partial charge is 0.412 e. The fourth-order valence-corrected chi connectivity index (χ4v) is 6.14. The van der Waals surface area contributed by atoms with E-state index in [2.05, 4.69) is 58.9 Å². The van der Waals surface area contributed by atoms with Crippen LogP contribution in [0.15, 0.2) is 0 Å². The summed E-state index contributed by atoms with van der Waals surface area (Å²) in [6.07, 6.45) is -2.11. The molecule has 0 spiro atoms. The summed E-state index contributed by atoms with van der Waals surface area (Å²) in [5, 5.41) is 10.4. The topological polar surface area (TPSA) is 57.2 Å². The van der Waals surface area contributed by atoms with Crippen molar-refractivity contribution in [2.75, 3.05) is 0 Å². The maximum Gasteiger partial charge on any atom is 0.184 e. The van der Waals surface area contributed by atoms with Crippen LogP contribution in [0.25, 0.3) is 0 Å². The molecule has 0 radical (unpaired) electrons. The third-order valence-electron chi connectivity index (χ3n) is 3.21. The zero-order chi connectivity index (χ0) is 18.2. The van der Waals surface area contributed by atoms with Gasteiger partial charge in [-0.05, 0) is 65.8 Å². The Bertz CT molecular complexity index is 386. The molecule has 1 aliphatic heterocycles. The van der Waals surface area contributed by atoms with E-state index in [1.165, 1.54) is 0 Å². The second-order valence-electron chi connectivity index (χ2n) is 9.32. The summed E-state index contributed by atoms with van der Waals surface area (Å²) in [6, 6.07) is 0. The Morgan fingerprint density at radius 1 is 0.783 bits per heavy atom. The van der Waals surface area contributed by atoms with E-state index in [4.69, 9.17) is 18.0 Å². The van der Waals surface area contributed by atoms with Crippen LogP contribution >= 0.6 is 0 Å². The third-order valence-corrected chi connectivity index (χ3v) is 6.24. The lowest BCUT2D eigenvalue weighted by Crippen LogP contribution is -2.51. The van der Waals surface area contributed by atoms with Crippen molar-refractivity contribution in [3.05, 3.63) is 0 Å². The molecule has 1 saturated heterocycles. The Kier molecular flexibility index (Phi) is 6.88. The average molecular weight is 381 g/mol. The van der Waals surface area contributed by atoms with Gasteiger partial charge < -0.3 is 23.1 Å². The number of aliphatic hydroxyl groups excluding tert-OH is 1. The highest BCUT2D eigenvalue weighted by atomic mass is 28.4. The summed E-state index contributed by atoms with van der Waals surface area (Å²) in [6.45, 7) is 21.2. The van der Waals surface area contributed by atoms with Crippen LogP contribution in [0.2, 0.25) is 58.9 Å². The molecule has 1 rings (SSSR count). The van der Waals surface area contributed by atoms with Crippen LogP contribution in [-0.2, 0) is 18.0 Å². The molecule has 0 bridgehead atoms. The van der Waals surface area contributed by atoms with Crippen molar-refractivity contribution in [2.45, 2.75) is 96.6 Å². The highest BCUT2D eigenvalue weighted by molar-refractivity contribution is 6.70. The summed E-state index contributed by atoms with van der Waals surface area (Å²) >= 11 is 0. The Morgan fingerprint density at radius 3 is 1.61 bits per heavy atom. The van der Waals surface area contributed by atoms with Gasteiger partial charge in [0.1, 0.15) is 18.3 Å². The molecule has 0 aromatic heterocycles. The van der Waals surface area contributed by atoms with Crippen LogP contribution in [0.5, 0.6) is 0 Å². The van der Waals surface area contributed by atoms with E-state index < -0.39 is 37.3 Å². The van der Waals surface area contributed by atoms with Crippen molar-refractivity contribution in [3.63, 3.8) is 0 Å². The van der Waals surface area contributed by atoms with Crippen LogP contribution < -0.4 is 0 Å². The minimum atomic E-state index is -1.83. The van der Waals surface area contributed by atoms with Crippen LogP contribution in [0.4, 0.5) is 0 Å². The number of ether oxygens (including phenoxy) is 1. The Labute approximate surface area is 145 Å². The van der Waals surface area contributed by atoms with Gasteiger partial charge in [-0.1, -0.05) is 0 Å². The normalized spacial score (nSPS) is 31.4. The Balaban J connectivity index is 3.00. The van der Waals surface area contributed by atoms with Gasteiger partial charge in [-0.25, -0.2) is 0 Å². The molecule has 0 aromatic carbocycles. The zero-order valence-corrected chi connectivity index (χ0v) is 19.5. The Morgan fingerprint density at radius 2 is 1.22 bits per heavy atom. The summed E-state index contributed by atoms with van der Waals surface area (Å²) in [5.41, 5.74) is 0. The van der Waals surface area contributed by atoms with Gasteiger partial charge in [0.05, 0.1) is 6.10 Å².